The van der Waals surface area contributed by atoms with Crippen LogP contribution in [-0.2, 0) is 11.2 Å². The van der Waals surface area contributed by atoms with Crippen LogP contribution in [0.25, 0.3) is 0 Å². The molecule has 1 aliphatic rings. The molecule has 1 saturated heterocycles. The van der Waals surface area contributed by atoms with Crippen LogP contribution in [0.4, 0.5) is 0 Å². The SMILES string of the molecule is NC(=O)CN1CC[C@H](Cc2cccc(C(N)=O)c2)C1. The van der Waals surface area contributed by atoms with Crippen molar-refractivity contribution in [3.05, 3.63) is 35.4 Å². The van der Waals surface area contributed by atoms with Crippen LogP contribution in [0.1, 0.15) is 22.3 Å². The van der Waals surface area contributed by atoms with E-state index in [4.69, 9.17) is 11.5 Å². The Morgan fingerprint density at radius 3 is 2.79 bits per heavy atom. The average molecular weight is 261 g/mol. The van der Waals surface area contributed by atoms with Crippen molar-refractivity contribution in [2.45, 2.75) is 12.8 Å². The van der Waals surface area contributed by atoms with E-state index in [0.29, 0.717) is 18.0 Å². The van der Waals surface area contributed by atoms with Gasteiger partial charge in [0.15, 0.2) is 0 Å². The standard InChI is InChI=1S/C14H19N3O2/c15-13(18)9-17-5-4-11(8-17)6-10-2-1-3-12(7-10)14(16)19/h1-3,7,11H,4-6,8-9H2,(H2,15,18)(H2,16,19)/t11-/m1/s1. The van der Waals surface area contributed by atoms with E-state index in [-0.39, 0.29) is 5.91 Å². The highest BCUT2D eigenvalue weighted by molar-refractivity contribution is 5.92. The normalized spacial score (nSPS) is 19.5. The summed E-state index contributed by atoms with van der Waals surface area (Å²) in [4.78, 5) is 24.1. The molecule has 2 rings (SSSR count). The maximum Gasteiger partial charge on any atom is 0.248 e. The second kappa shape index (κ2) is 5.84. The molecule has 1 aliphatic heterocycles. The van der Waals surface area contributed by atoms with Gasteiger partial charge in [0.25, 0.3) is 0 Å². The van der Waals surface area contributed by atoms with Gasteiger partial charge in [0, 0.05) is 12.1 Å². The van der Waals surface area contributed by atoms with Crippen LogP contribution in [0.15, 0.2) is 24.3 Å². The third-order valence-corrected chi connectivity index (χ3v) is 3.49. The summed E-state index contributed by atoms with van der Waals surface area (Å²) in [5.74, 6) is -0.178. The Morgan fingerprint density at radius 1 is 1.32 bits per heavy atom. The van der Waals surface area contributed by atoms with E-state index < -0.39 is 5.91 Å². The number of primary amides is 2. The minimum Gasteiger partial charge on any atom is -0.369 e. The van der Waals surface area contributed by atoms with Crippen LogP contribution in [0.2, 0.25) is 0 Å². The predicted molar refractivity (Wildman–Crippen MR) is 72.4 cm³/mol. The fraction of sp³-hybridized carbons (Fsp3) is 0.429. The molecule has 0 spiro atoms. The van der Waals surface area contributed by atoms with Crippen LogP contribution in [0, 0.1) is 5.92 Å². The number of nitrogens with zero attached hydrogens (tertiary/aromatic N) is 1. The molecule has 0 unspecified atom stereocenters. The van der Waals surface area contributed by atoms with Crippen LogP contribution in [-0.4, -0.2) is 36.3 Å². The van der Waals surface area contributed by atoms with Gasteiger partial charge in [-0.2, -0.15) is 0 Å². The van der Waals surface area contributed by atoms with Crippen molar-refractivity contribution in [1.82, 2.24) is 4.90 Å². The van der Waals surface area contributed by atoms with Crippen molar-refractivity contribution >= 4 is 11.8 Å². The summed E-state index contributed by atoms with van der Waals surface area (Å²) in [6, 6.07) is 7.42. The smallest absolute Gasteiger partial charge is 0.248 e. The number of benzene rings is 1. The molecule has 1 heterocycles. The largest absolute Gasteiger partial charge is 0.369 e. The predicted octanol–water partition coefficient (Wildman–Crippen LogP) is 0.135. The molecule has 1 atom stereocenters. The first-order valence-electron chi connectivity index (χ1n) is 6.44. The van der Waals surface area contributed by atoms with Crippen molar-refractivity contribution in [2.24, 2.45) is 17.4 Å². The summed E-state index contributed by atoms with van der Waals surface area (Å²) in [5, 5.41) is 0. The Kier molecular flexibility index (Phi) is 4.16. The molecule has 1 aromatic carbocycles. The van der Waals surface area contributed by atoms with Gasteiger partial charge in [0.2, 0.25) is 11.8 Å². The maximum atomic E-state index is 11.1. The van der Waals surface area contributed by atoms with Crippen molar-refractivity contribution in [2.75, 3.05) is 19.6 Å². The molecule has 0 aliphatic carbocycles. The zero-order valence-corrected chi connectivity index (χ0v) is 10.8. The van der Waals surface area contributed by atoms with Crippen LogP contribution in [0.5, 0.6) is 0 Å². The van der Waals surface area contributed by atoms with E-state index in [1.54, 1.807) is 6.07 Å². The summed E-state index contributed by atoms with van der Waals surface area (Å²) in [7, 11) is 0. The third-order valence-electron chi connectivity index (χ3n) is 3.49. The molecule has 0 saturated carbocycles. The zero-order valence-electron chi connectivity index (χ0n) is 10.8. The summed E-state index contributed by atoms with van der Waals surface area (Å²) in [5.41, 5.74) is 12.1. The molecular weight excluding hydrogens is 242 g/mol. The average Bonchev–Trinajstić information content (AvgIpc) is 2.76. The highest BCUT2D eigenvalue weighted by Gasteiger charge is 2.23. The molecule has 2 amide bonds. The number of amides is 2. The van der Waals surface area contributed by atoms with Crippen LogP contribution >= 0.6 is 0 Å². The topological polar surface area (TPSA) is 89.4 Å². The van der Waals surface area contributed by atoms with E-state index in [1.165, 1.54) is 0 Å². The summed E-state index contributed by atoms with van der Waals surface area (Å²) >= 11 is 0. The van der Waals surface area contributed by atoms with Crippen LogP contribution < -0.4 is 11.5 Å². The fourth-order valence-electron chi connectivity index (χ4n) is 2.63. The summed E-state index contributed by atoms with van der Waals surface area (Å²) < 4.78 is 0. The van der Waals surface area contributed by atoms with Gasteiger partial charge in [-0.15, -0.1) is 0 Å². The summed E-state index contributed by atoms with van der Waals surface area (Å²) in [6.45, 7) is 2.12. The number of likely N-dealkylation sites (tertiary alicyclic amines) is 1. The molecular formula is C14H19N3O2. The van der Waals surface area contributed by atoms with Gasteiger partial charge in [-0.25, -0.2) is 0 Å². The Labute approximate surface area is 112 Å². The third kappa shape index (κ3) is 3.79. The lowest BCUT2D eigenvalue weighted by atomic mass is 9.97. The molecule has 0 bridgehead atoms. The number of hydrogen-bond donors (Lipinski definition) is 2. The first kappa shape index (κ1) is 13.5. The Bertz CT molecular complexity index is 487. The second-order valence-corrected chi connectivity index (χ2v) is 5.12. The minimum atomic E-state index is -0.399. The van der Waals surface area contributed by atoms with E-state index in [2.05, 4.69) is 4.90 Å². The molecule has 5 nitrogen and oxygen atoms in total. The second-order valence-electron chi connectivity index (χ2n) is 5.12. The fourth-order valence-corrected chi connectivity index (χ4v) is 2.63. The molecule has 0 radical (unpaired) electrons. The van der Waals surface area contributed by atoms with Crippen molar-refractivity contribution in [1.29, 1.82) is 0 Å². The van der Waals surface area contributed by atoms with Crippen molar-refractivity contribution in [3.63, 3.8) is 0 Å². The van der Waals surface area contributed by atoms with Crippen LogP contribution in [0.3, 0.4) is 0 Å². The Hall–Kier alpha value is -1.88. The lowest BCUT2D eigenvalue weighted by Crippen LogP contribution is -2.32. The van der Waals surface area contributed by atoms with E-state index in [9.17, 15) is 9.59 Å². The molecule has 19 heavy (non-hydrogen) atoms. The molecule has 4 N–H and O–H groups in total. The highest BCUT2D eigenvalue weighted by atomic mass is 16.1. The quantitative estimate of drug-likeness (QED) is 0.789. The van der Waals surface area contributed by atoms with E-state index in [0.717, 1.165) is 31.5 Å². The number of carbonyl (C=O) groups is 2. The molecule has 5 heteroatoms. The number of carbonyl (C=O) groups excluding carboxylic acids is 2. The Balaban J connectivity index is 1.93. The molecule has 1 fully saturated rings. The van der Waals surface area contributed by atoms with Gasteiger partial charge >= 0.3 is 0 Å². The van der Waals surface area contributed by atoms with Crippen molar-refractivity contribution in [3.8, 4) is 0 Å². The molecule has 0 aromatic heterocycles. The first-order valence-corrected chi connectivity index (χ1v) is 6.44. The van der Waals surface area contributed by atoms with Gasteiger partial charge in [0.1, 0.15) is 0 Å². The maximum absolute atomic E-state index is 11.1. The lowest BCUT2D eigenvalue weighted by molar-refractivity contribution is -0.118. The van der Waals surface area contributed by atoms with Gasteiger partial charge in [-0.1, -0.05) is 12.1 Å². The molecule has 1 aromatic rings. The number of rotatable bonds is 5. The van der Waals surface area contributed by atoms with Gasteiger partial charge in [-0.05, 0) is 43.0 Å². The lowest BCUT2D eigenvalue weighted by Gasteiger charge is -2.14. The first-order chi connectivity index (χ1) is 9.04. The van der Waals surface area contributed by atoms with Gasteiger partial charge < -0.3 is 11.5 Å². The monoisotopic (exact) mass is 261 g/mol. The van der Waals surface area contributed by atoms with Crippen molar-refractivity contribution < 1.29 is 9.59 Å². The summed E-state index contributed by atoms with van der Waals surface area (Å²) in [6.07, 6.45) is 1.95. The Morgan fingerprint density at radius 2 is 2.11 bits per heavy atom. The zero-order chi connectivity index (χ0) is 13.8. The highest BCUT2D eigenvalue weighted by Crippen LogP contribution is 2.21. The van der Waals surface area contributed by atoms with Gasteiger partial charge in [0.05, 0.1) is 6.54 Å². The van der Waals surface area contributed by atoms with E-state index >= 15 is 0 Å². The molecule has 102 valence electrons. The minimum absolute atomic E-state index is 0.281. The number of hydrogen-bond acceptors (Lipinski definition) is 3. The number of nitrogens with two attached hydrogens (primary N) is 2. The van der Waals surface area contributed by atoms with Gasteiger partial charge in [-0.3, -0.25) is 14.5 Å². The van der Waals surface area contributed by atoms with E-state index in [1.807, 2.05) is 18.2 Å².